The van der Waals surface area contributed by atoms with Crippen molar-refractivity contribution in [1.82, 2.24) is 4.57 Å². The van der Waals surface area contributed by atoms with Crippen LogP contribution < -0.4 is 14.9 Å². The fourth-order valence-corrected chi connectivity index (χ4v) is 6.16. The lowest BCUT2D eigenvalue weighted by molar-refractivity contribution is -0.385. The number of phenols is 2. The summed E-state index contributed by atoms with van der Waals surface area (Å²) in [5.41, 5.74) is 0.756. The van der Waals surface area contributed by atoms with E-state index < -0.39 is 22.5 Å². The van der Waals surface area contributed by atoms with Crippen molar-refractivity contribution in [3.63, 3.8) is 0 Å². The standard InChI is InChI=1S/C24H19Br2N3O7S/c1-4-36-23(33)17-11(3)27-24-28(19(17)12-6-5-10(2)15(8-12)29(34)35)22(32)16(37-24)9-13-7-14(25)21(31)18(26)20(13)30/h5-9,19,30-31H,4H2,1-3H3/b16-9+/t19-/m1/s1. The molecule has 0 saturated heterocycles. The Morgan fingerprint density at radius 1 is 1.27 bits per heavy atom. The number of allylic oxidation sites excluding steroid dienone is 1. The molecule has 13 heteroatoms. The molecule has 2 aromatic carbocycles. The number of aromatic nitrogens is 1. The number of rotatable bonds is 5. The van der Waals surface area contributed by atoms with E-state index in [1.165, 1.54) is 22.8 Å². The smallest absolute Gasteiger partial charge is 0.338 e. The van der Waals surface area contributed by atoms with Gasteiger partial charge in [0.1, 0.15) is 16.0 Å². The van der Waals surface area contributed by atoms with E-state index in [0.717, 1.165) is 11.3 Å². The van der Waals surface area contributed by atoms with Crippen LogP contribution in [0.4, 0.5) is 5.69 Å². The largest absolute Gasteiger partial charge is 0.506 e. The highest BCUT2D eigenvalue weighted by atomic mass is 79.9. The van der Waals surface area contributed by atoms with Gasteiger partial charge in [-0.1, -0.05) is 23.5 Å². The fourth-order valence-electron chi connectivity index (χ4n) is 3.97. The molecule has 1 aliphatic rings. The Morgan fingerprint density at radius 3 is 2.62 bits per heavy atom. The summed E-state index contributed by atoms with van der Waals surface area (Å²) in [7, 11) is 0. The average Bonchev–Trinajstić information content (AvgIpc) is 3.14. The van der Waals surface area contributed by atoms with Gasteiger partial charge in [0.05, 0.1) is 37.8 Å². The molecule has 1 aromatic heterocycles. The summed E-state index contributed by atoms with van der Waals surface area (Å²) in [6.07, 6.45) is 1.44. The number of hydrogen-bond acceptors (Lipinski definition) is 9. The molecule has 0 radical (unpaired) electrons. The molecule has 0 unspecified atom stereocenters. The van der Waals surface area contributed by atoms with Gasteiger partial charge in [0, 0.05) is 17.2 Å². The Labute approximate surface area is 230 Å². The molecule has 1 atom stereocenters. The highest BCUT2D eigenvalue weighted by Gasteiger charge is 2.34. The molecular weight excluding hydrogens is 634 g/mol. The first-order valence-corrected chi connectivity index (χ1v) is 13.2. The summed E-state index contributed by atoms with van der Waals surface area (Å²) in [6.45, 7) is 4.94. The van der Waals surface area contributed by atoms with Crippen molar-refractivity contribution in [3.8, 4) is 11.5 Å². The van der Waals surface area contributed by atoms with Crippen LogP contribution in [0.15, 0.2) is 54.3 Å². The zero-order valence-corrected chi connectivity index (χ0v) is 23.6. The van der Waals surface area contributed by atoms with Gasteiger partial charge >= 0.3 is 5.97 Å². The number of nitrogens with zero attached hydrogens (tertiary/aromatic N) is 3. The first-order valence-electron chi connectivity index (χ1n) is 10.8. The van der Waals surface area contributed by atoms with Crippen LogP contribution in [0.25, 0.3) is 6.08 Å². The van der Waals surface area contributed by atoms with E-state index in [0.29, 0.717) is 21.3 Å². The van der Waals surface area contributed by atoms with Gasteiger partial charge < -0.3 is 14.9 Å². The summed E-state index contributed by atoms with van der Waals surface area (Å²) >= 11 is 7.36. The van der Waals surface area contributed by atoms with Crippen molar-refractivity contribution < 1.29 is 24.7 Å². The lowest BCUT2D eigenvalue weighted by Crippen LogP contribution is -2.40. The average molecular weight is 653 g/mol. The van der Waals surface area contributed by atoms with Crippen LogP contribution in [0.1, 0.15) is 36.6 Å². The van der Waals surface area contributed by atoms with Crippen LogP contribution in [-0.4, -0.2) is 32.3 Å². The first-order chi connectivity index (χ1) is 17.5. The van der Waals surface area contributed by atoms with Crippen molar-refractivity contribution in [2.75, 3.05) is 6.61 Å². The molecule has 0 saturated carbocycles. The van der Waals surface area contributed by atoms with Gasteiger partial charge in [-0.3, -0.25) is 19.5 Å². The van der Waals surface area contributed by atoms with Gasteiger partial charge in [-0.25, -0.2) is 9.79 Å². The summed E-state index contributed by atoms with van der Waals surface area (Å²) in [5.74, 6) is -1.16. The molecule has 0 aliphatic carbocycles. The van der Waals surface area contributed by atoms with Crippen LogP contribution in [0.2, 0.25) is 0 Å². The van der Waals surface area contributed by atoms with Gasteiger partial charge in [0.25, 0.3) is 11.2 Å². The number of carbonyl (C=O) groups is 1. The van der Waals surface area contributed by atoms with Gasteiger partial charge in [-0.2, -0.15) is 0 Å². The third-order valence-corrected chi connectivity index (χ3v) is 8.09. The number of halogens is 2. The number of hydrogen-bond donors (Lipinski definition) is 2. The van der Waals surface area contributed by atoms with Crippen molar-refractivity contribution >= 4 is 60.9 Å². The number of fused-ring (bicyclic) bond motifs is 1. The number of phenolic OH excluding ortho intramolecular Hbond substituents is 2. The van der Waals surface area contributed by atoms with Crippen molar-refractivity contribution in [3.05, 3.63) is 91.0 Å². The van der Waals surface area contributed by atoms with Crippen LogP contribution in [0.3, 0.4) is 0 Å². The second-order valence-electron chi connectivity index (χ2n) is 8.06. The van der Waals surface area contributed by atoms with E-state index in [-0.39, 0.29) is 48.7 Å². The van der Waals surface area contributed by atoms with Crippen LogP contribution in [0, 0.1) is 17.0 Å². The SMILES string of the molecule is CCOC(=O)C1=C(C)N=c2s/c(=C/c3cc(Br)c(O)c(Br)c3O)c(=O)n2[C@@H]1c1ccc(C)c([N+](=O)[O-])c1. The second kappa shape index (κ2) is 10.2. The predicted octanol–water partition coefficient (Wildman–Crippen LogP) is 3.95. The zero-order chi connectivity index (χ0) is 27.2. The first kappa shape index (κ1) is 26.8. The van der Waals surface area contributed by atoms with E-state index in [1.807, 2.05) is 0 Å². The van der Waals surface area contributed by atoms with Gasteiger partial charge in [0.2, 0.25) is 0 Å². The Bertz CT molecular complexity index is 1690. The Balaban J connectivity index is 2.02. The summed E-state index contributed by atoms with van der Waals surface area (Å²) in [4.78, 5) is 42.5. The number of benzene rings is 2. The van der Waals surface area contributed by atoms with Gasteiger partial charge in [-0.05, 0) is 70.3 Å². The van der Waals surface area contributed by atoms with Crippen molar-refractivity contribution in [2.24, 2.45) is 4.99 Å². The molecule has 192 valence electrons. The second-order valence-corrected chi connectivity index (χ2v) is 10.7. The number of thiazole rings is 1. The van der Waals surface area contributed by atoms with E-state index in [1.54, 1.807) is 32.9 Å². The van der Waals surface area contributed by atoms with Crippen molar-refractivity contribution in [2.45, 2.75) is 26.8 Å². The minimum atomic E-state index is -1.02. The van der Waals surface area contributed by atoms with E-state index in [9.17, 15) is 29.9 Å². The molecule has 10 nitrogen and oxygen atoms in total. The molecule has 0 spiro atoms. The lowest BCUT2D eigenvalue weighted by atomic mass is 9.94. The highest BCUT2D eigenvalue weighted by molar-refractivity contribution is 9.11. The number of aryl methyl sites for hydroxylation is 1. The minimum Gasteiger partial charge on any atom is -0.506 e. The number of carbonyl (C=O) groups excluding carboxylic acids is 1. The van der Waals surface area contributed by atoms with Crippen LogP contribution in [0.5, 0.6) is 11.5 Å². The third-order valence-electron chi connectivity index (χ3n) is 5.75. The maximum Gasteiger partial charge on any atom is 0.338 e. The van der Waals surface area contributed by atoms with E-state index in [2.05, 4.69) is 36.9 Å². The monoisotopic (exact) mass is 651 g/mol. The quantitative estimate of drug-likeness (QED) is 0.241. The van der Waals surface area contributed by atoms with Gasteiger partial charge in [-0.15, -0.1) is 0 Å². The highest BCUT2D eigenvalue weighted by Crippen LogP contribution is 2.41. The maximum atomic E-state index is 13.7. The van der Waals surface area contributed by atoms with E-state index >= 15 is 0 Å². The van der Waals surface area contributed by atoms with Crippen LogP contribution in [-0.2, 0) is 9.53 Å². The Hall–Kier alpha value is -3.29. The molecule has 2 N–H and O–H groups in total. The molecule has 2 heterocycles. The maximum absolute atomic E-state index is 13.7. The molecule has 0 bridgehead atoms. The molecule has 0 fully saturated rings. The number of nitro groups is 1. The molecule has 1 aliphatic heterocycles. The Kier molecular flexibility index (Phi) is 7.40. The molecule has 37 heavy (non-hydrogen) atoms. The minimum absolute atomic E-state index is 0.0474. The topological polar surface area (TPSA) is 144 Å². The Morgan fingerprint density at radius 2 is 1.97 bits per heavy atom. The lowest BCUT2D eigenvalue weighted by Gasteiger charge is -2.24. The van der Waals surface area contributed by atoms with Crippen LogP contribution >= 0.6 is 43.2 Å². The van der Waals surface area contributed by atoms with Gasteiger partial charge in [0.15, 0.2) is 4.80 Å². The number of nitro benzene ring substituents is 1. The normalized spacial score (nSPS) is 15.4. The number of ether oxygens (including phenoxy) is 1. The summed E-state index contributed by atoms with van der Waals surface area (Å²) in [6, 6.07) is 4.95. The third kappa shape index (κ3) is 4.74. The molecule has 0 amide bonds. The molecule has 4 rings (SSSR count). The summed E-state index contributed by atoms with van der Waals surface area (Å²) in [5, 5.41) is 32.1. The molecular formula is C24H19Br2N3O7S. The number of aromatic hydroxyl groups is 2. The zero-order valence-electron chi connectivity index (χ0n) is 19.6. The van der Waals surface area contributed by atoms with E-state index in [4.69, 9.17) is 4.74 Å². The summed E-state index contributed by atoms with van der Waals surface area (Å²) < 4.78 is 7.06. The molecule has 3 aromatic rings. The fraction of sp³-hybridized carbons (Fsp3) is 0.208. The van der Waals surface area contributed by atoms with Crippen molar-refractivity contribution in [1.29, 1.82) is 0 Å². The predicted molar refractivity (Wildman–Crippen MR) is 143 cm³/mol. The number of esters is 1.